The zero-order chi connectivity index (χ0) is 16.1. The average molecular weight is 300 g/mol. The van der Waals surface area contributed by atoms with Crippen LogP contribution in [-0.4, -0.2) is 29.6 Å². The lowest BCUT2D eigenvalue weighted by atomic mass is 10.2. The normalized spacial score (nSPS) is 9.86. The van der Waals surface area contributed by atoms with Crippen LogP contribution in [-0.2, 0) is 4.79 Å². The van der Waals surface area contributed by atoms with Crippen molar-refractivity contribution in [2.24, 2.45) is 0 Å². The third kappa shape index (κ3) is 3.49. The molecule has 2 N–H and O–H groups in total. The molecule has 0 saturated carbocycles. The Labute approximate surface area is 126 Å². The van der Waals surface area contributed by atoms with Gasteiger partial charge in [0.05, 0.1) is 12.1 Å². The van der Waals surface area contributed by atoms with E-state index in [0.29, 0.717) is 11.4 Å². The molecule has 0 fully saturated rings. The van der Waals surface area contributed by atoms with Crippen molar-refractivity contribution in [1.82, 2.24) is 4.98 Å². The van der Waals surface area contributed by atoms with E-state index in [-0.39, 0.29) is 18.0 Å². The average Bonchev–Trinajstić information content (AvgIpc) is 2.51. The second-order valence-electron chi connectivity index (χ2n) is 4.56. The Morgan fingerprint density at radius 2 is 2.23 bits per heavy atom. The zero-order valence-corrected chi connectivity index (χ0v) is 11.7. The third-order valence-electron chi connectivity index (χ3n) is 2.90. The SMILES string of the molecule is CN(CC(=O)Nc1c(O)cccc1F)c1ccc(C#N)cn1. The van der Waals surface area contributed by atoms with E-state index >= 15 is 0 Å². The van der Waals surface area contributed by atoms with Crippen LogP contribution in [0.2, 0.25) is 0 Å². The molecule has 112 valence electrons. The highest BCUT2D eigenvalue weighted by Gasteiger charge is 2.13. The number of nitrogens with zero attached hydrogens (tertiary/aromatic N) is 3. The fourth-order valence-electron chi connectivity index (χ4n) is 1.79. The van der Waals surface area contributed by atoms with E-state index < -0.39 is 11.7 Å². The molecule has 0 atom stereocenters. The summed E-state index contributed by atoms with van der Waals surface area (Å²) in [5.41, 5.74) is 0.159. The number of pyridine rings is 1. The molecule has 6 nitrogen and oxygen atoms in total. The molecule has 0 spiro atoms. The van der Waals surface area contributed by atoms with Crippen LogP contribution in [0.1, 0.15) is 5.56 Å². The Bertz CT molecular complexity index is 705. The summed E-state index contributed by atoms with van der Waals surface area (Å²) in [6.45, 7) is -0.0906. The van der Waals surface area contributed by atoms with Crippen molar-refractivity contribution in [3.8, 4) is 11.8 Å². The largest absolute Gasteiger partial charge is 0.506 e. The van der Waals surface area contributed by atoms with Crippen LogP contribution in [0.4, 0.5) is 15.9 Å². The molecule has 22 heavy (non-hydrogen) atoms. The van der Waals surface area contributed by atoms with Gasteiger partial charge in [0.15, 0.2) is 5.82 Å². The highest BCUT2D eigenvalue weighted by Crippen LogP contribution is 2.25. The molecule has 1 aromatic heterocycles. The summed E-state index contributed by atoms with van der Waals surface area (Å²) in [5.74, 6) is -1.07. The van der Waals surface area contributed by atoms with E-state index in [1.165, 1.54) is 23.2 Å². The van der Waals surface area contributed by atoms with E-state index in [2.05, 4.69) is 10.3 Å². The minimum atomic E-state index is -0.715. The van der Waals surface area contributed by atoms with E-state index in [1.54, 1.807) is 19.2 Å². The van der Waals surface area contributed by atoms with Crippen molar-refractivity contribution in [2.75, 3.05) is 23.8 Å². The fourth-order valence-corrected chi connectivity index (χ4v) is 1.79. The van der Waals surface area contributed by atoms with Crippen LogP contribution in [0.3, 0.4) is 0 Å². The molecule has 0 aliphatic carbocycles. The smallest absolute Gasteiger partial charge is 0.244 e. The third-order valence-corrected chi connectivity index (χ3v) is 2.90. The number of anilines is 2. The van der Waals surface area contributed by atoms with Crippen molar-refractivity contribution < 1.29 is 14.3 Å². The first-order chi connectivity index (χ1) is 10.5. The van der Waals surface area contributed by atoms with Crippen molar-refractivity contribution >= 4 is 17.4 Å². The Morgan fingerprint density at radius 3 is 2.82 bits per heavy atom. The number of phenols is 1. The van der Waals surface area contributed by atoms with Gasteiger partial charge in [0.2, 0.25) is 5.91 Å². The number of aromatic nitrogens is 1. The van der Waals surface area contributed by atoms with Crippen LogP contribution >= 0.6 is 0 Å². The topological polar surface area (TPSA) is 89.3 Å². The van der Waals surface area contributed by atoms with Gasteiger partial charge in [-0.1, -0.05) is 6.07 Å². The first-order valence-electron chi connectivity index (χ1n) is 6.36. The predicted molar refractivity (Wildman–Crippen MR) is 78.9 cm³/mol. The van der Waals surface area contributed by atoms with Gasteiger partial charge in [-0.2, -0.15) is 5.26 Å². The molecule has 2 rings (SSSR count). The number of phenolic OH excluding ortho intramolecular Hbond substituents is 1. The number of amides is 1. The summed E-state index contributed by atoms with van der Waals surface area (Å²) in [6.07, 6.45) is 1.40. The standard InChI is InChI=1S/C15H13FN4O2/c1-20(13-6-5-10(7-17)8-18-13)9-14(22)19-15-11(16)3-2-4-12(15)21/h2-6,8,21H,9H2,1H3,(H,19,22). The highest BCUT2D eigenvalue weighted by molar-refractivity contribution is 5.95. The molecule has 0 unspecified atom stereocenters. The van der Waals surface area contributed by atoms with Gasteiger partial charge in [0.1, 0.15) is 23.3 Å². The second kappa shape index (κ2) is 6.54. The number of benzene rings is 1. The number of carbonyl (C=O) groups is 1. The Morgan fingerprint density at radius 1 is 1.45 bits per heavy atom. The lowest BCUT2D eigenvalue weighted by Gasteiger charge is -2.18. The number of aromatic hydroxyl groups is 1. The number of likely N-dealkylation sites (N-methyl/N-ethyl adjacent to an activating group) is 1. The van der Waals surface area contributed by atoms with Gasteiger partial charge in [0, 0.05) is 13.2 Å². The number of nitriles is 1. The minimum Gasteiger partial charge on any atom is -0.506 e. The maximum atomic E-state index is 13.5. The summed E-state index contributed by atoms with van der Waals surface area (Å²) in [6, 6.07) is 8.90. The molecule has 1 aromatic carbocycles. The van der Waals surface area contributed by atoms with Crippen molar-refractivity contribution in [3.63, 3.8) is 0 Å². The molecule has 1 heterocycles. The Hall–Kier alpha value is -3.14. The number of halogens is 1. The molecule has 0 bridgehead atoms. The minimum absolute atomic E-state index is 0.0906. The molecule has 0 aliphatic heterocycles. The highest BCUT2D eigenvalue weighted by atomic mass is 19.1. The number of nitrogens with one attached hydrogen (secondary N) is 1. The van der Waals surface area contributed by atoms with Gasteiger partial charge < -0.3 is 15.3 Å². The zero-order valence-electron chi connectivity index (χ0n) is 11.7. The van der Waals surface area contributed by atoms with Crippen molar-refractivity contribution in [2.45, 2.75) is 0 Å². The van der Waals surface area contributed by atoms with Crippen LogP contribution in [0, 0.1) is 17.1 Å². The summed E-state index contributed by atoms with van der Waals surface area (Å²) in [7, 11) is 1.63. The van der Waals surface area contributed by atoms with Gasteiger partial charge in [-0.3, -0.25) is 4.79 Å². The fraction of sp³-hybridized carbons (Fsp3) is 0.133. The van der Waals surface area contributed by atoms with Gasteiger partial charge in [-0.05, 0) is 24.3 Å². The Balaban J connectivity index is 2.03. The van der Waals surface area contributed by atoms with Crippen LogP contribution < -0.4 is 10.2 Å². The summed E-state index contributed by atoms with van der Waals surface area (Å²) in [5, 5.41) is 20.6. The first kappa shape index (κ1) is 15.3. The lowest BCUT2D eigenvalue weighted by molar-refractivity contribution is -0.115. The Kier molecular flexibility index (Phi) is 4.53. The number of hydrogen-bond donors (Lipinski definition) is 2. The molecule has 7 heteroatoms. The number of hydrogen-bond acceptors (Lipinski definition) is 5. The number of para-hydroxylation sites is 1. The lowest BCUT2D eigenvalue weighted by Crippen LogP contribution is -2.30. The number of rotatable bonds is 4. The van der Waals surface area contributed by atoms with Gasteiger partial charge in [-0.25, -0.2) is 9.37 Å². The quantitative estimate of drug-likeness (QED) is 0.841. The van der Waals surface area contributed by atoms with Crippen LogP contribution in [0.15, 0.2) is 36.5 Å². The molecule has 0 aliphatic rings. The maximum Gasteiger partial charge on any atom is 0.244 e. The van der Waals surface area contributed by atoms with Crippen molar-refractivity contribution in [3.05, 3.63) is 47.9 Å². The maximum absolute atomic E-state index is 13.5. The second-order valence-corrected chi connectivity index (χ2v) is 4.56. The van der Waals surface area contributed by atoms with E-state index in [0.717, 1.165) is 6.07 Å². The molecule has 1 amide bonds. The summed E-state index contributed by atoms with van der Waals surface area (Å²) < 4.78 is 13.5. The molecule has 0 saturated heterocycles. The number of carbonyl (C=O) groups excluding carboxylic acids is 1. The summed E-state index contributed by atoms with van der Waals surface area (Å²) in [4.78, 5) is 17.5. The van der Waals surface area contributed by atoms with Gasteiger partial charge in [-0.15, -0.1) is 0 Å². The first-order valence-corrected chi connectivity index (χ1v) is 6.36. The monoisotopic (exact) mass is 300 g/mol. The molecular formula is C15H13FN4O2. The van der Waals surface area contributed by atoms with E-state index in [4.69, 9.17) is 5.26 Å². The van der Waals surface area contributed by atoms with Gasteiger partial charge >= 0.3 is 0 Å². The van der Waals surface area contributed by atoms with Crippen LogP contribution in [0.5, 0.6) is 5.75 Å². The van der Waals surface area contributed by atoms with Crippen molar-refractivity contribution in [1.29, 1.82) is 5.26 Å². The molecule has 0 radical (unpaired) electrons. The predicted octanol–water partition coefficient (Wildman–Crippen LogP) is 1.87. The van der Waals surface area contributed by atoms with E-state index in [9.17, 15) is 14.3 Å². The molecular weight excluding hydrogens is 287 g/mol. The van der Waals surface area contributed by atoms with E-state index in [1.807, 2.05) is 6.07 Å². The summed E-state index contributed by atoms with van der Waals surface area (Å²) >= 11 is 0. The van der Waals surface area contributed by atoms with Gasteiger partial charge in [0.25, 0.3) is 0 Å². The van der Waals surface area contributed by atoms with Crippen LogP contribution in [0.25, 0.3) is 0 Å². The molecule has 2 aromatic rings.